The van der Waals surface area contributed by atoms with Crippen molar-refractivity contribution in [2.75, 3.05) is 13.2 Å². The highest BCUT2D eigenvalue weighted by Gasteiger charge is 2.48. The van der Waals surface area contributed by atoms with Crippen LogP contribution in [0.1, 0.15) is 57.6 Å². The van der Waals surface area contributed by atoms with Gasteiger partial charge < -0.3 is 20.1 Å². The van der Waals surface area contributed by atoms with Gasteiger partial charge >= 0.3 is 12.1 Å². The zero-order chi connectivity index (χ0) is 25.3. The Hall–Kier alpha value is -3.35. The molecule has 2 aromatic rings. The second-order valence-corrected chi connectivity index (χ2v) is 10.7. The van der Waals surface area contributed by atoms with E-state index in [-0.39, 0.29) is 24.3 Å². The Morgan fingerprint density at radius 2 is 1.63 bits per heavy atom. The van der Waals surface area contributed by atoms with E-state index in [1.807, 2.05) is 64.1 Å². The number of nitrogens with one attached hydrogen (secondary N) is 1. The van der Waals surface area contributed by atoms with Gasteiger partial charge in [-0.1, -0.05) is 76.2 Å². The fourth-order valence-electron chi connectivity index (χ4n) is 5.48. The normalized spacial score (nSPS) is 19.2. The molecule has 0 saturated carbocycles. The number of carbonyl (C=O) groups is 3. The monoisotopic (exact) mass is 478 g/mol. The molecule has 7 nitrogen and oxygen atoms in total. The standard InChI is InChI=1S/C28H34N2O5/c1-17(2)15-23(25(31)30-14-13-28(3,4)24(30)26(32)33)29-27(34)35-16-22-20-11-7-5-9-18(20)19-10-6-8-12-21(19)22/h5-12,17,22-24H,13-16H2,1-4H3,(H,29,34)(H,32,33). The number of carboxylic acid groups (broad SMARTS) is 1. The van der Waals surface area contributed by atoms with E-state index in [0.717, 1.165) is 22.3 Å². The van der Waals surface area contributed by atoms with Crippen LogP contribution in [0.3, 0.4) is 0 Å². The van der Waals surface area contributed by atoms with E-state index in [9.17, 15) is 19.5 Å². The fourth-order valence-corrected chi connectivity index (χ4v) is 5.48. The summed E-state index contributed by atoms with van der Waals surface area (Å²) < 4.78 is 5.64. The largest absolute Gasteiger partial charge is 0.480 e. The van der Waals surface area contributed by atoms with Crippen LogP contribution in [0.2, 0.25) is 0 Å². The Morgan fingerprint density at radius 1 is 1.06 bits per heavy atom. The van der Waals surface area contributed by atoms with E-state index >= 15 is 0 Å². The first kappa shape index (κ1) is 24.8. The second-order valence-electron chi connectivity index (χ2n) is 10.7. The Balaban J connectivity index is 1.46. The zero-order valence-electron chi connectivity index (χ0n) is 20.8. The molecular weight excluding hydrogens is 444 g/mol. The van der Waals surface area contributed by atoms with Crippen LogP contribution < -0.4 is 5.32 Å². The molecule has 2 amide bonds. The second kappa shape index (κ2) is 9.72. The molecule has 2 N–H and O–H groups in total. The van der Waals surface area contributed by atoms with E-state index in [4.69, 9.17) is 4.74 Å². The molecule has 1 aliphatic carbocycles. The van der Waals surface area contributed by atoms with E-state index in [1.165, 1.54) is 4.90 Å². The van der Waals surface area contributed by atoms with Crippen molar-refractivity contribution in [3.8, 4) is 11.1 Å². The Labute approximate surface area is 206 Å². The highest BCUT2D eigenvalue weighted by atomic mass is 16.5. The van der Waals surface area contributed by atoms with E-state index in [0.29, 0.717) is 19.4 Å². The Bertz CT molecular complexity index is 1080. The molecule has 2 aromatic carbocycles. The molecule has 1 fully saturated rings. The van der Waals surface area contributed by atoms with Crippen LogP contribution in [0.4, 0.5) is 4.79 Å². The topological polar surface area (TPSA) is 95.9 Å². The molecule has 0 aromatic heterocycles. The lowest BCUT2D eigenvalue weighted by Crippen LogP contribution is -2.54. The van der Waals surface area contributed by atoms with Crippen LogP contribution in [0.5, 0.6) is 0 Å². The number of likely N-dealkylation sites (tertiary alicyclic amines) is 1. The third kappa shape index (κ3) is 4.90. The molecule has 0 bridgehead atoms. The number of nitrogens with zero attached hydrogens (tertiary/aromatic N) is 1. The number of carboxylic acids is 1. The number of ether oxygens (including phenoxy) is 1. The van der Waals surface area contributed by atoms with Crippen molar-refractivity contribution in [3.05, 3.63) is 59.7 Å². The molecule has 0 spiro atoms. The highest BCUT2D eigenvalue weighted by molar-refractivity contribution is 5.90. The van der Waals surface area contributed by atoms with Crippen LogP contribution in [-0.2, 0) is 14.3 Å². The number of rotatable bonds is 7. The highest BCUT2D eigenvalue weighted by Crippen LogP contribution is 2.44. The molecule has 35 heavy (non-hydrogen) atoms. The van der Waals surface area contributed by atoms with Crippen LogP contribution >= 0.6 is 0 Å². The van der Waals surface area contributed by atoms with E-state index < -0.39 is 29.6 Å². The quantitative estimate of drug-likeness (QED) is 0.604. The molecule has 1 saturated heterocycles. The van der Waals surface area contributed by atoms with E-state index in [2.05, 4.69) is 17.4 Å². The Morgan fingerprint density at radius 3 is 2.17 bits per heavy atom. The number of fused-ring (bicyclic) bond motifs is 3. The number of aliphatic carboxylic acids is 1. The summed E-state index contributed by atoms with van der Waals surface area (Å²) in [7, 11) is 0. The van der Waals surface area contributed by atoms with Gasteiger partial charge in [-0.05, 0) is 46.4 Å². The summed E-state index contributed by atoms with van der Waals surface area (Å²) in [5.74, 6) is -1.35. The molecule has 2 aliphatic rings. The SMILES string of the molecule is CC(C)CC(NC(=O)OCC1c2ccccc2-c2ccccc21)C(=O)N1CCC(C)(C)C1C(=O)O. The van der Waals surface area contributed by atoms with Gasteiger partial charge in [-0.15, -0.1) is 0 Å². The third-order valence-corrected chi connectivity index (χ3v) is 7.21. The van der Waals surface area contributed by atoms with Gasteiger partial charge in [0.25, 0.3) is 0 Å². The fraction of sp³-hybridized carbons (Fsp3) is 0.464. The summed E-state index contributed by atoms with van der Waals surface area (Å²) in [5, 5.41) is 12.5. The molecular formula is C28H34N2O5. The molecule has 0 radical (unpaired) electrons. The van der Waals surface area contributed by atoms with Gasteiger partial charge in [0.05, 0.1) is 0 Å². The van der Waals surface area contributed by atoms with Crippen LogP contribution in [0.15, 0.2) is 48.5 Å². The average molecular weight is 479 g/mol. The molecule has 2 unspecified atom stereocenters. The molecule has 2 atom stereocenters. The molecule has 186 valence electrons. The molecule has 7 heteroatoms. The van der Waals surface area contributed by atoms with Gasteiger partial charge in [-0.3, -0.25) is 4.79 Å². The van der Waals surface area contributed by atoms with Gasteiger partial charge in [0.1, 0.15) is 18.7 Å². The van der Waals surface area contributed by atoms with Crippen molar-refractivity contribution in [3.63, 3.8) is 0 Å². The lowest BCUT2D eigenvalue weighted by atomic mass is 9.84. The number of alkyl carbamates (subject to hydrolysis) is 1. The van der Waals surface area contributed by atoms with Crippen molar-refractivity contribution >= 4 is 18.0 Å². The molecule has 1 aliphatic heterocycles. The summed E-state index contributed by atoms with van der Waals surface area (Å²) in [5.41, 5.74) is 3.97. The van der Waals surface area contributed by atoms with Crippen molar-refractivity contribution in [2.45, 2.75) is 58.5 Å². The molecule has 4 rings (SSSR count). The first-order chi connectivity index (χ1) is 16.6. The average Bonchev–Trinajstić information content (AvgIpc) is 3.30. The van der Waals surface area contributed by atoms with E-state index in [1.54, 1.807) is 0 Å². The maximum Gasteiger partial charge on any atom is 0.407 e. The van der Waals surface area contributed by atoms with Gasteiger partial charge in [0, 0.05) is 12.5 Å². The maximum absolute atomic E-state index is 13.4. The predicted molar refractivity (Wildman–Crippen MR) is 133 cm³/mol. The summed E-state index contributed by atoms with van der Waals surface area (Å²) in [6.45, 7) is 8.14. The van der Waals surface area contributed by atoms with Crippen molar-refractivity contribution < 1.29 is 24.2 Å². The predicted octanol–water partition coefficient (Wildman–Crippen LogP) is 4.65. The lowest BCUT2D eigenvalue weighted by molar-refractivity contribution is -0.152. The minimum atomic E-state index is -1.02. The van der Waals surface area contributed by atoms with Crippen LogP contribution in [-0.4, -0.2) is 53.2 Å². The minimum absolute atomic E-state index is 0.0804. The smallest absolute Gasteiger partial charge is 0.407 e. The number of hydrogen-bond donors (Lipinski definition) is 2. The number of amides is 2. The number of benzene rings is 2. The number of carbonyl (C=O) groups excluding carboxylic acids is 2. The maximum atomic E-state index is 13.4. The minimum Gasteiger partial charge on any atom is -0.480 e. The summed E-state index contributed by atoms with van der Waals surface area (Å²) in [6, 6.07) is 14.4. The zero-order valence-corrected chi connectivity index (χ0v) is 20.8. The van der Waals surface area contributed by atoms with Crippen molar-refractivity contribution in [1.82, 2.24) is 10.2 Å². The first-order valence-corrected chi connectivity index (χ1v) is 12.2. The number of hydrogen-bond acceptors (Lipinski definition) is 4. The summed E-state index contributed by atoms with van der Waals surface area (Å²) in [4.78, 5) is 39.6. The first-order valence-electron chi connectivity index (χ1n) is 12.2. The summed E-state index contributed by atoms with van der Waals surface area (Å²) >= 11 is 0. The molecule has 1 heterocycles. The Kier molecular flexibility index (Phi) is 6.88. The van der Waals surface area contributed by atoms with Gasteiger partial charge in [-0.25, -0.2) is 9.59 Å². The van der Waals surface area contributed by atoms with Gasteiger partial charge in [0.2, 0.25) is 5.91 Å². The van der Waals surface area contributed by atoms with Crippen molar-refractivity contribution in [2.24, 2.45) is 11.3 Å². The summed E-state index contributed by atoms with van der Waals surface area (Å²) in [6.07, 6.45) is 0.317. The lowest BCUT2D eigenvalue weighted by Gasteiger charge is -2.32. The third-order valence-electron chi connectivity index (χ3n) is 7.21. The van der Waals surface area contributed by atoms with Gasteiger partial charge in [-0.2, -0.15) is 0 Å². The van der Waals surface area contributed by atoms with Crippen LogP contribution in [0.25, 0.3) is 11.1 Å². The van der Waals surface area contributed by atoms with Crippen molar-refractivity contribution in [1.29, 1.82) is 0 Å². The van der Waals surface area contributed by atoms with Crippen LogP contribution in [0, 0.1) is 11.3 Å². The van der Waals surface area contributed by atoms with Gasteiger partial charge in [0.15, 0.2) is 0 Å².